The average Bonchev–Trinajstić information content (AvgIpc) is 2.40. The van der Waals surface area contributed by atoms with Crippen LogP contribution in [-0.4, -0.2) is 31.5 Å². The topological polar surface area (TPSA) is 96.8 Å². The third kappa shape index (κ3) is 4.17. The van der Waals surface area contributed by atoms with Crippen molar-refractivity contribution in [3.63, 3.8) is 0 Å². The number of hydrogen-bond acceptors (Lipinski definition) is 4. The maximum atomic E-state index is 11.9. The smallest absolute Gasteiger partial charge is 0.421 e. The number of nitrogens with zero attached hydrogens (tertiary/aromatic N) is 2. The molecule has 0 saturated carbocycles. The summed E-state index contributed by atoms with van der Waals surface area (Å²) in [5.74, 6) is -0.899. The van der Waals surface area contributed by atoms with Crippen LogP contribution < -0.4 is 0 Å². The lowest BCUT2D eigenvalue weighted by Crippen LogP contribution is -2.16. The van der Waals surface area contributed by atoms with Gasteiger partial charge in [0, 0.05) is 11.5 Å². The Morgan fingerprint density at radius 1 is 1.37 bits per heavy atom. The van der Waals surface area contributed by atoms with E-state index in [1.54, 1.807) is 25.1 Å². The van der Waals surface area contributed by atoms with Crippen LogP contribution in [0.25, 0.3) is 5.53 Å². The second-order valence-corrected chi connectivity index (χ2v) is 5.20. The van der Waals surface area contributed by atoms with Gasteiger partial charge in [-0.15, -0.1) is 0 Å². The molecule has 0 saturated heterocycles. The molecule has 19 heavy (non-hydrogen) atoms. The van der Waals surface area contributed by atoms with Crippen LogP contribution in [0.15, 0.2) is 46.7 Å². The lowest BCUT2D eigenvalue weighted by molar-refractivity contribution is -0.139. The Kier molecular flexibility index (Phi) is 5.17. The van der Waals surface area contributed by atoms with E-state index in [2.05, 4.69) is 9.53 Å². The molecule has 0 aliphatic rings. The first-order valence-electron chi connectivity index (χ1n) is 5.38. The molecule has 1 rings (SSSR count). The summed E-state index contributed by atoms with van der Waals surface area (Å²) in [6, 6.07) is 7.67. The Balaban J connectivity index is 2.98. The molecule has 7 heteroatoms. The fourth-order valence-corrected chi connectivity index (χ4v) is 2.19. The van der Waals surface area contributed by atoms with Crippen LogP contribution in [0.2, 0.25) is 0 Å². The maximum Gasteiger partial charge on any atom is 0.421 e. The minimum atomic E-state index is -3.69. The molecule has 0 fully saturated rings. The summed E-state index contributed by atoms with van der Waals surface area (Å²) >= 11 is 0. The van der Waals surface area contributed by atoms with Gasteiger partial charge in [0.05, 0.1) is 11.5 Å². The molecule has 0 N–H and O–H groups in total. The molecule has 100 valence electrons. The SMILES string of the molecule is CCOC(=O)C(/C=C/S(=O)(=O)c1ccccc1)=[N+]=[N-]. The van der Waals surface area contributed by atoms with Gasteiger partial charge in [0.2, 0.25) is 0 Å². The highest BCUT2D eigenvalue weighted by Gasteiger charge is 2.19. The predicted molar refractivity (Wildman–Crippen MR) is 68.0 cm³/mol. The molecule has 0 radical (unpaired) electrons. The van der Waals surface area contributed by atoms with Crippen molar-refractivity contribution in [1.82, 2.24) is 0 Å². The zero-order valence-corrected chi connectivity index (χ0v) is 11.0. The molecule has 0 spiro atoms. The van der Waals surface area contributed by atoms with Crippen LogP contribution in [-0.2, 0) is 19.4 Å². The molecule has 6 nitrogen and oxygen atoms in total. The second kappa shape index (κ2) is 6.63. The van der Waals surface area contributed by atoms with E-state index in [1.807, 2.05) is 0 Å². The van der Waals surface area contributed by atoms with E-state index in [0.717, 1.165) is 11.5 Å². The van der Waals surface area contributed by atoms with E-state index in [-0.39, 0.29) is 11.5 Å². The predicted octanol–water partition coefficient (Wildman–Crippen LogP) is 1.21. The molecule has 0 unspecified atom stereocenters. The molecule has 1 aromatic carbocycles. The zero-order valence-electron chi connectivity index (χ0n) is 10.2. The highest BCUT2D eigenvalue weighted by molar-refractivity contribution is 7.94. The molecule has 0 atom stereocenters. The lowest BCUT2D eigenvalue weighted by Gasteiger charge is -1.97. The first-order valence-corrected chi connectivity index (χ1v) is 6.93. The minimum Gasteiger partial charge on any atom is -0.457 e. The van der Waals surface area contributed by atoms with Gasteiger partial charge in [0.25, 0.3) is 0 Å². The third-order valence-corrected chi connectivity index (χ3v) is 3.49. The average molecular weight is 280 g/mol. The Bertz CT molecular complexity index is 629. The number of hydrogen-bond donors (Lipinski definition) is 0. The molecule has 0 bridgehead atoms. The van der Waals surface area contributed by atoms with Crippen molar-refractivity contribution in [3.8, 4) is 0 Å². The summed E-state index contributed by atoms with van der Waals surface area (Å²) in [4.78, 5) is 14.0. The summed E-state index contributed by atoms with van der Waals surface area (Å²) in [6.45, 7) is 1.68. The van der Waals surface area contributed by atoms with Gasteiger partial charge in [0.1, 0.15) is 0 Å². The van der Waals surface area contributed by atoms with Crippen LogP contribution >= 0.6 is 0 Å². The van der Waals surface area contributed by atoms with Crippen molar-refractivity contribution in [2.45, 2.75) is 11.8 Å². The number of carbonyl (C=O) groups is 1. The number of carbonyl (C=O) groups excluding carboxylic acids is 1. The summed E-state index contributed by atoms with van der Waals surface area (Å²) in [7, 11) is -3.69. The van der Waals surface area contributed by atoms with Gasteiger partial charge >= 0.3 is 11.7 Å². The second-order valence-electron chi connectivity index (χ2n) is 3.37. The number of benzene rings is 1. The van der Waals surface area contributed by atoms with Crippen molar-refractivity contribution < 1.29 is 22.7 Å². The van der Waals surface area contributed by atoms with E-state index in [0.29, 0.717) is 0 Å². The van der Waals surface area contributed by atoms with Gasteiger partial charge in [-0.1, -0.05) is 18.2 Å². The number of rotatable bonds is 5. The molecule has 0 aliphatic heterocycles. The van der Waals surface area contributed by atoms with Crippen LogP contribution in [0.5, 0.6) is 0 Å². The Hall–Kier alpha value is -2.24. The van der Waals surface area contributed by atoms with Crippen molar-refractivity contribution in [2.24, 2.45) is 0 Å². The summed E-state index contributed by atoms with van der Waals surface area (Å²) < 4.78 is 28.3. The molecule has 0 aliphatic carbocycles. The van der Waals surface area contributed by atoms with Crippen molar-refractivity contribution in [2.75, 3.05) is 6.61 Å². The van der Waals surface area contributed by atoms with Gasteiger partial charge < -0.3 is 10.3 Å². The Morgan fingerprint density at radius 3 is 2.53 bits per heavy atom. The summed E-state index contributed by atoms with van der Waals surface area (Å²) in [5, 5.41) is 0.786. The van der Waals surface area contributed by atoms with Gasteiger partial charge in [-0.05, 0) is 19.1 Å². The zero-order chi connectivity index (χ0) is 14.3. The van der Waals surface area contributed by atoms with E-state index in [1.165, 1.54) is 12.1 Å². The summed E-state index contributed by atoms with van der Waals surface area (Å²) in [5.41, 5.74) is 8.15. The maximum absolute atomic E-state index is 11.9. The normalized spacial score (nSPS) is 11.0. The lowest BCUT2D eigenvalue weighted by atomic mass is 10.4. The van der Waals surface area contributed by atoms with Crippen LogP contribution in [0, 0.1) is 0 Å². The minimum absolute atomic E-state index is 0.0763. The number of ether oxygens (including phenoxy) is 1. The molecular weight excluding hydrogens is 268 g/mol. The first-order chi connectivity index (χ1) is 9.01. The fourth-order valence-electron chi connectivity index (χ4n) is 1.19. The fraction of sp³-hybridized carbons (Fsp3) is 0.167. The van der Waals surface area contributed by atoms with Crippen LogP contribution in [0.1, 0.15) is 6.92 Å². The molecule has 1 aromatic rings. The molecule has 0 amide bonds. The van der Waals surface area contributed by atoms with E-state index < -0.39 is 21.5 Å². The highest BCUT2D eigenvalue weighted by Crippen LogP contribution is 2.10. The van der Waals surface area contributed by atoms with E-state index in [9.17, 15) is 13.2 Å². The quantitative estimate of drug-likeness (QED) is 0.350. The van der Waals surface area contributed by atoms with Crippen molar-refractivity contribution in [3.05, 3.63) is 47.3 Å². The van der Waals surface area contributed by atoms with Gasteiger partial charge in [-0.2, -0.15) is 4.79 Å². The molecule has 0 heterocycles. The molecular formula is C12H12N2O4S. The Morgan fingerprint density at radius 2 is 2.00 bits per heavy atom. The monoisotopic (exact) mass is 280 g/mol. The van der Waals surface area contributed by atoms with E-state index in [4.69, 9.17) is 5.53 Å². The van der Waals surface area contributed by atoms with Crippen LogP contribution in [0.4, 0.5) is 0 Å². The largest absolute Gasteiger partial charge is 0.457 e. The standard InChI is InChI=1S/C12H12N2O4S/c1-2-18-12(15)11(14-13)8-9-19(16,17)10-6-4-3-5-7-10/h3-9H,2H2,1H3/b9-8+. The molecule has 0 aromatic heterocycles. The highest BCUT2D eigenvalue weighted by atomic mass is 32.2. The van der Waals surface area contributed by atoms with Gasteiger partial charge in [-0.25, -0.2) is 13.2 Å². The third-order valence-electron chi connectivity index (χ3n) is 2.07. The van der Waals surface area contributed by atoms with Crippen LogP contribution in [0.3, 0.4) is 0 Å². The van der Waals surface area contributed by atoms with Gasteiger partial charge in [-0.3, -0.25) is 0 Å². The van der Waals surface area contributed by atoms with Crippen molar-refractivity contribution >= 4 is 21.5 Å². The Labute approximate surface area is 110 Å². The number of sulfone groups is 1. The van der Waals surface area contributed by atoms with Gasteiger partial charge in [0.15, 0.2) is 9.84 Å². The number of esters is 1. The summed E-state index contributed by atoms with van der Waals surface area (Å²) in [6.07, 6.45) is 0.889. The van der Waals surface area contributed by atoms with E-state index >= 15 is 0 Å². The van der Waals surface area contributed by atoms with Crippen molar-refractivity contribution in [1.29, 1.82) is 0 Å². The first kappa shape index (κ1) is 14.8.